The van der Waals surface area contributed by atoms with Gasteiger partial charge in [0.25, 0.3) is 0 Å². The van der Waals surface area contributed by atoms with Gasteiger partial charge in [0.05, 0.1) is 24.8 Å². The van der Waals surface area contributed by atoms with Crippen LogP contribution in [0, 0.1) is 5.92 Å². The fourth-order valence-electron chi connectivity index (χ4n) is 3.91. The third-order valence-electron chi connectivity index (χ3n) is 5.57. The molecule has 0 bridgehead atoms. The van der Waals surface area contributed by atoms with E-state index in [1.54, 1.807) is 17.2 Å². The summed E-state index contributed by atoms with van der Waals surface area (Å²) in [5.74, 6) is 1.79. The number of hydrogen-bond acceptors (Lipinski definition) is 6. The monoisotopic (exact) mass is 475 g/mol. The molecule has 8 nitrogen and oxygen atoms in total. The van der Waals surface area contributed by atoms with Crippen molar-refractivity contribution in [2.75, 3.05) is 24.7 Å². The number of nitrogens with one attached hydrogen (secondary N) is 1. The molecule has 0 radical (unpaired) electrons. The fourth-order valence-corrected chi connectivity index (χ4v) is 3.91. The summed E-state index contributed by atoms with van der Waals surface area (Å²) in [7, 11) is 0. The lowest BCUT2D eigenvalue weighted by Gasteiger charge is -2.20. The van der Waals surface area contributed by atoms with Gasteiger partial charge in [-0.15, -0.1) is 0 Å². The number of anilines is 1. The van der Waals surface area contributed by atoms with Gasteiger partial charge in [0, 0.05) is 31.8 Å². The Kier molecular flexibility index (Phi) is 7.82. The zero-order chi connectivity index (χ0) is 24.6. The second kappa shape index (κ2) is 11.4. The lowest BCUT2D eigenvalue weighted by Crippen LogP contribution is -2.32. The number of para-hydroxylation sites is 2. The van der Waals surface area contributed by atoms with Gasteiger partial charge in [0.1, 0.15) is 17.2 Å². The summed E-state index contributed by atoms with van der Waals surface area (Å²) in [5.41, 5.74) is 1.54. The van der Waals surface area contributed by atoms with E-state index in [0.29, 0.717) is 49.4 Å². The highest BCUT2D eigenvalue weighted by Crippen LogP contribution is 2.33. The van der Waals surface area contributed by atoms with Gasteiger partial charge < -0.3 is 24.4 Å². The summed E-state index contributed by atoms with van der Waals surface area (Å²) in [6.45, 7) is 5.55. The van der Waals surface area contributed by atoms with Crippen molar-refractivity contribution >= 4 is 17.5 Å². The van der Waals surface area contributed by atoms with Gasteiger partial charge in [0.15, 0.2) is 0 Å². The molecule has 0 aliphatic carbocycles. The SMILES string of the molecule is CCOc1ccc(Oc2cc(CNC(=O)C3CC(=O)N(c4ccccc4OCC)C3)ccn2)cc1. The predicted octanol–water partition coefficient (Wildman–Crippen LogP) is 4.34. The van der Waals surface area contributed by atoms with E-state index < -0.39 is 5.92 Å². The number of hydrogen-bond donors (Lipinski definition) is 1. The Balaban J connectivity index is 1.34. The summed E-state index contributed by atoms with van der Waals surface area (Å²) >= 11 is 0. The van der Waals surface area contributed by atoms with E-state index in [4.69, 9.17) is 14.2 Å². The fraction of sp³-hybridized carbons (Fsp3) is 0.296. The van der Waals surface area contributed by atoms with Gasteiger partial charge in [-0.3, -0.25) is 9.59 Å². The number of pyridine rings is 1. The second-order valence-electron chi connectivity index (χ2n) is 8.03. The third kappa shape index (κ3) is 6.09. The number of amides is 2. The van der Waals surface area contributed by atoms with Crippen LogP contribution in [0.5, 0.6) is 23.1 Å². The van der Waals surface area contributed by atoms with Crippen LogP contribution in [0.2, 0.25) is 0 Å². The largest absolute Gasteiger partial charge is 0.494 e. The molecular weight excluding hydrogens is 446 g/mol. The summed E-state index contributed by atoms with van der Waals surface area (Å²) in [6.07, 6.45) is 1.80. The Labute approximate surface area is 204 Å². The van der Waals surface area contributed by atoms with Crippen molar-refractivity contribution in [3.05, 3.63) is 72.4 Å². The van der Waals surface area contributed by atoms with E-state index in [-0.39, 0.29) is 18.2 Å². The van der Waals surface area contributed by atoms with Crippen LogP contribution >= 0.6 is 0 Å². The molecule has 2 aromatic carbocycles. The highest BCUT2D eigenvalue weighted by Gasteiger charge is 2.36. The van der Waals surface area contributed by atoms with Gasteiger partial charge in [0.2, 0.25) is 17.7 Å². The molecule has 1 aliphatic rings. The number of rotatable bonds is 10. The minimum atomic E-state index is -0.432. The average Bonchev–Trinajstić information content (AvgIpc) is 3.26. The van der Waals surface area contributed by atoms with Gasteiger partial charge in [-0.05, 0) is 61.9 Å². The summed E-state index contributed by atoms with van der Waals surface area (Å²) in [6, 6.07) is 18.3. The van der Waals surface area contributed by atoms with Crippen molar-refractivity contribution < 1.29 is 23.8 Å². The van der Waals surface area contributed by atoms with Gasteiger partial charge in [-0.25, -0.2) is 4.98 Å². The lowest BCUT2D eigenvalue weighted by molar-refractivity contribution is -0.126. The van der Waals surface area contributed by atoms with Crippen LogP contribution in [-0.4, -0.2) is 36.6 Å². The summed E-state index contributed by atoms with van der Waals surface area (Å²) < 4.78 is 16.9. The molecule has 4 rings (SSSR count). The van der Waals surface area contributed by atoms with Crippen LogP contribution in [0.3, 0.4) is 0 Å². The number of carbonyl (C=O) groups excluding carboxylic acids is 2. The molecule has 2 amide bonds. The van der Waals surface area contributed by atoms with Gasteiger partial charge >= 0.3 is 0 Å². The van der Waals surface area contributed by atoms with Crippen LogP contribution in [0.15, 0.2) is 66.9 Å². The molecule has 35 heavy (non-hydrogen) atoms. The Morgan fingerprint density at radius 1 is 1.03 bits per heavy atom. The maximum Gasteiger partial charge on any atom is 0.227 e. The van der Waals surface area contributed by atoms with E-state index in [0.717, 1.165) is 11.3 Å². The standard InChI is InChI=1S/C27H29N3O5/c1-3-33-21-9-11-22(12-10-21)35-25-15-19(13-14-28-25)17-29-27(32)20-16-26(31)30(18-20)23-7-5-6-8-24(23)34-4-2/h5-15,20H,3-4,16-18H2,1-2H3,(H,29,32). The van der Waals surface area contributed by atoms with E-state index in [1.165, 1.54) is 0 Å². The lowest BCUT2D eigenvalue weighted by atomic mass is 10.1. The van der Waals surface area contributed by atoms with E-state index in [2.05, 4.69) is 10.3 Å². The first-order valence-corrected chi connectivity index (χ1v) is 11.7. The normalized spacial score (nSPS) is 15.1. The first-order valence-electron chi connectivity index (χ1n) is 11.7. The molecule has 2 heterocycles. The highest BCUT2D eigenvalue weighted by atomic mass is 16.5. The van der Waals surface area contributed by atoms with Crippen molar-refractivity contribution in [3.8, 4) is 23.1 Å². The maximum atomic E-state index is 12.8. The molecule has 3 aromatic rings. The van der Waals surface area contributed by atoms with Gasteiger partial charge in [-0.1, -0.05) is 12.1 Å². The van der Waals surface area contributed by atoms with Crippen molar-refractivity contribution in [2.24, 2.45) is 5.92 Å². The van der Waals surface area contributed by atoms with E-state index >= 15 is 0 Å². The Morgan fingerprint density at radius 2 is 1.77 bits per heavy atom. The molecule has 1 fully saturated rings. The number of benzene rings is 2. The zero-order valence-corrected chi connectivity index (χ0v) is 19.9. The topological polar surface area (TPSA) is 90.0 Å². The van der Waals surface area contributed by atoms with Crippen LogP contribution in [-0.2, 0) is 16.1 Å². The molecule has 1 N–H and O–H groups in total. The van der Waals surface area contributed by atoms with Crippen LogP contribution in [0.25, 0.3) is 0 Å². The number of nitrogens with zero attached hydrogens (tertiary/aromatic N) is 2. The van der Waals surface area contributed by atoms with Crippen LogP contribution < -0.4 is 24.4 Å². The van der Waals surface area contributed by atoms with Crippen molar-refractivity contribution in [1.82, 2.24) is 10.3 Å². The molecule has 0 saturated carbocycles. The summed E-state index contributed by atoms with van der Waals surface area (Å²) in [4.78, 5) is 31.4. The highest BCUT2D eigenvalue weighted by molar-refractivity contribution is 6.01. The Hall–Kier alpha value is -4.07. The molecule has 1 unspecified atom stereocenters. The number of ether oxygens (including phenoxy) is 3. The number of aromatic nitrogens is 1. The second-order valence-corrected chi connectivity index (χ2v) is 8.03. The molecule has 0 spiro atoms. The average molecular weight is 476 g/mol. The van der Waals surface area contributed by atoms with Gasteiger partial charge in [-0.2, -0.15) is 0 Å². The first-order chi connectivity index (χ1) is 17.1. The Morgan fingerprint density at radius 3 is 2.54 bits per heavy atom. The quantitative estimate of drug-likeness (QED) is 0.469. The Bertz CT molecular complexity index is 1170. The van der Waals surface area contributed by atoms with E-state index in [9.17, 15) is 9.59 Å². The van der Waals surface area contributed by atoms with Crippen molar-refractivity contribution in [3.63, 3.8) is 0 Å². The molecule has 182 valence electrons. The van der Waals surface area contributed by atoms with Crippen molar-refractivity contribution in [2.45, 2.75) is 26.8 Å². The first kappa shape index (κ1) is 24.1. The van der Waals surface area contributed by atoms with Crippen LogP contribution in [0.1, 0.15) is 25.8 Å². The van der Waals surface area contributed by atoms with Crippen molar-refractivity contribution in [1.29, 1.82) is 0 Å². The third-order valence-corrected chi connectivity index (χ3v) is 5.57. The smallest absolute Gasteiger partial charge is 0.227 e. The minimum absolute atomic E-state index is 0.0905. The zero-order valence-electron chi connectivity index (χ0n) is 19.9. The number of carbonyl (C=O) groups is 2. The molecule has 1 aromatic heterocycles. The minimum Gasteiger partial charge on any atom is -0.494 e. The summed E-state index contributed by atoms with van der Waals surface area (Å²) in [5, 5.41) is 2.94. The molecule has 8 heteroatoms. The maximum absolute atomic E-state index is 12.8. The molecule has 1 aliphatic heterocycles. The molecule has 1 atom stereocenters. The van der Waals surface area contributed by atoms with E-state index in [1.807, 2.05) is 68.4 Å². The van der Waals surface area contributed by atoms with Crippen LogP contribution in [0.4, 0.5) is 5.69 Å². The molecular formula is C27H29N3O5. The predicted molar refractivity (Wildman–Crippen MR) is 132 cm³/mol. The molecule has 1 saturated heterocycles.